The summed E-state index contributed by atoms with van der Waals surface area (Å²) in [6, 6.07) is 9.78. The molecule has 1 aromatic carbocycles. The number of hydrogen-bond donors (Lipinski definition) is 0. The second-order valence-corrected chi connectivity index (χ2v) is 5.24. The summed E-state index contributed by atoms with van der Waals surface area (Å²) in [4.78, 5) is 14.3. The summed E-state index contributed by atoms with van der Waals surface area (Å²) in [5, 5.41) is 0. The minimum Gasteiger partial charge on any atom is -0.461 e. The summed E-state index contributed by atoms with van der Waals surface area (Å²) < 4.78 is 10.7. The van der Waals surface area contributed by atoms with Crippen LogP contribution in [0.15, 0.2) is 30.3 Å². The molecule has 4 nitrogen and oxygen atoms in total. The molecule has 1 fully saturated rings. The van der Waals surface area contributed by atoms with E-state index in [2.05, 4.69) is 4.90 Å². The van der Waals surface area contributed by atoms with Crippen LogP contribution in [0.3, 0.4) is 0 Å². The molecule has 0 N–H and O–H groups in total. The molecule has 0 bridgehead atoms. The number of morpholine rings is 1. The Bertz CT molecular complexity index is 401. The van der Waals surface area contributed by atoms with E-state index in [1.807, 2.05) is 37.3 Å². The van der Waals surface area contributed by atoms with Crippen LogP contribution in [0.2, 0.25) is 0 Å². The van der Waals surface area contributed by atoms with E-state index < -0.39 is 0 Å². The molecule has 1 aliphatic heterocycles. The van der Waals surface area contributed by atoms with Gasteiger partial charge in [0.1, 0.15) is 6.61 Å². The summed E-state index contributed by atoms with van der Waals surface area (Å²) in [5.41, 5.74) is 1.03. The zero-order valence-electron chi connectivity index (χ0n) is 12.1. The minimum atomic E-state index is -0.109. The van der Waals surface area contributed by atoms with Gasteiger partial charge in [-0.3, -0.25) is 9.69 Å². The number of carbonyl (C=O) groups excluding carboxylic acids is 1. The second kappa shape index (κ2) is 8.02. The van der Waals surface area contributed by atoms with Gasteiger partial charge in [0.2, 0.25) is 0 Å². The molecule has 110 valence electrons. The number of rotatable bonds is 6. The lowest BCUT2D eigenvalue weighted by molar-refractivity contribution is -0.149. The normalized spacial score (nSPS) is 17.6. The third kappa shape index (κ3) is 4.94. The highest BCUT2D eigenvalue weighted by Crippen LogP contribution is 2.10. The van der Waals surface area contributed by atoms with E-state index in [-0.39, 0.29) is 11.9 Å². The summed E-state index contributed by atoms with van der Waals surface area (Å²) in [6.45, 7) is 6.76. The maximum atomic E-state index is 11.9. The van der Waals surface area contributed by atoms with Crippen molar-refractivity contribution in [3.8, 4) is 0 Å². The molecule has 1 saturated heterocycles. The van der Waals surface area contributed by atoms with Gasteiger partial charge < -0.3 is 9.47 Å². The average molecular weight is 277 g/mol. The van der Waals surface area contributed by atoms with E-state index in [0.29, 0.717) is 6.61 Å². The predicted molar refractivity (Wildman–Crippen MR) is 77.3 cm³/mol. The Morgan fingerprint density at radius 2 is 2.00 bits per heavy atom. The lowest BCUT2D eigenvalue weighted by atomic mass is 10.1. The van der Waals surface area contributed by atoms with Crippen molar-refractivity contribution in [1.82, 2.24) is 4.90 Å². The minimum absolute atomic E-state index is 0.0541. The van der Waals surface area contributed by atoms with Crippen LogP contribution in [-0.4, -0.2) is 43.7 Å². The Kier molecular flexibility index (Phi) is 6.02. The molecule has 1 aliphatic rings. The van der Waals surface area contributed by atoms with Crippen LogP contribution in [0.4, 0.5) is 0 Å². The fourth-order valence-electron chi connectivity index (χ4n) is 2.19. The van der Waals surface area contributed by atoms with E-state index >= 15 is 0 Å². The number of hydrogen-bond acceptors (Lipinski definition) is 4. The van der Waals surface area contributed by atoms with Gasteiger partial charge in [-0.1, -0.05) is 37.3 Å². The zero-order chi connectivity index (χ0) is 14.2. The lowest BCUT2D eigenvalue weighted by Crippen LogP contribution is -2.37. The fraction of sp³-hybridized carbons (Fsp3) is 0.562. The zero-order valence-corrected chi connectivity index (χ0v) is 12.1. The molecule has 1 heterocycles. The SMILES string of the molecule is C[C@@H](CCN1CCOCC1)C(=O)OCc1ccccc1. The van der Waals surface area contributed by atoms with Crippen LogP contribution in [0.25, 0.3) is 0 Å². The van der Waals surface area contributed by atoms with Crippen molar-refractivity contribution in [3.63, 3.8) is 0 Å². The number of nitrogens with zero attached hydrogens (tertiary/aromatic N) is 1. The first kappa shape index (κ1) is 15.0. The monoisotopic (exact) mass is 277 g/mol. The van der Waals surface area contributed by atoms with Gasteiger partial charge in [-0.05, 0) is 18.5 Å². The Hall–Kier alpha value is -1.39. The standard InChI is InChI=1S/C16H23NO3/c1-14(7-8-17-9-11-19-12-10-17)16(18)20-13-15-5-3-2-4-6-15/h2-6,14H,7-13H2,1H3/t14-/m0/s1. The largest absolute Gasteiger partial charge is 0.461 e. The van der Waals surface area contributed by atoms with Gasteiger partial charge in [0.05, 0.1) is 19.1 Å². The average Bonchev–Trinajstić information content (AvgIpc) is 2.52. The number of ether oxygens (including phenoxy) is 2. The number of carbonyl (C=O) groups is 1. The summed E-state index contributed by atoms with van der Waals surface area (Å²) in [6.07, 6.45) is 0.841. The molecule has 0 unspecified atom stereocenters. The van der Waals surface area contributed by atoms with Crippen molar-refractivity contribution in [2.75, 3.05) is 32.8 Å². The van der Waals surface area contributed by atoms with Crippen molar-refractivity contribution in [3.05, 3.63) is 35.9 Å². The van der Waals surface area contributed by atoms with E-state index in [4.69, 9.17) is 9.47 Å². The first-order chi connectivity index (χ1) is 9.75. The van der Waals surface area contributed by atoms with Gasteiger partial charge in [-0.15, -0.1) is 0 Å². The molecule has 2 rings (SSSR count). The molecule has 4 heteroatoms. The Morgan fingerprint density at radius 3 is 2.70 bits per heavy atom. The van der Waals surface area contributed by atoms with Crippen molar-refractivity contribution in [1.29, 1.82) is 0 Å². The second-order valence-electron chi connectivity index (χ2n) is 5.24. The smallest absolute Gasteiger partial charge is 0.309 e. The fourth-order valence-corrected chi connectivity index (χ4v) is 2.19. The lowest BCUT2D eigenvalue weighted by Gasteiger charge is -2.27. The van der Waals surface area contributed by atoms with Crippen LogP contribution < -0.4 is 0 Å². The molecule has 0 saturated carbocycles. The van der Waals surface area contributed by atoms with Gasteiger partial charge in [-0.25, -0.2) is 0 Å². The topological polar surface area (TPSA) is 38.8 Å². The van der Waals surface area contributed by atoms with Gasteiger partial charge >= 0.3 is 5.97 Å². The number of esters is 1. The summed E-state index contributed by atoms with van der Waals surface area (Å²) >= 11 is 0. The third-order valence-corrected chi connectivity index (χ3v) is 3.61. The van der Waals surface area contributed by atoms with Gasteiger partial charge in [0.15, 0.2) is 0 Å². The van der Waals surface area contributed by atoms with E-state index in [9.17, 15) is 4.79 Å². The van der Waals surface area contributed by atoms with E-state index in [0.717, 1.165) is 44.8 Å². The van der Waals surface area contributed by atoms with Crippen molar-refractivity contribution in [2.45, 2.75) is 20.0 Å². The van der Waals surface area contributed by atoms with Crippen molar-refractivity contribution in [2.24, 2.45) is 5.92 Å². The Labute approximate surface area is 120 Å². The van der Waals surface area contributed by atoms with Crippen LogP contribution in [0, 0.1) is 5.92 Å². The molecule has 0 aliphatic carbocycles. The molecular weight excluding hydrogens is 254 g/mol. The maximum absolute atomic E-state index is 11.9. The van der Waals surface area contributed by atoms with Gasteiger partial charge in [-0.2, -0.15) is 0 Å². The van der Waals surface area contributed by atoms with E-state index in [1.165, 1.54) is 0 Å². The summed E-state index contributed by atoms with van der Waals surface area (Å²) in [5.74, 6) is -0.163. The van der Waals surface area contributed by atoms with Crippen molar-refractivity contribution < 1.29 is 14.3 Å². The van der Waals surface area contributed by atoms with Gasteiger partial charge in [0.25, 0.3) is 0 Å². The highest BCUT2D eigenvalue weighted by Gasteiger charge is 2.17. The van der Waals surface area contributed by atoms with Gasteiger partial charge in [0, 0.05) is 13.1 Å². The summed E-state index contributed by atoms with van der Waals surface area (Å²) in [7, 11) is 0. The van der Waals surface area contributed by atoms with Crippen LogP contribution in [0.5, 0.6) is 0 Å². The molecule has 0 radical (unpaired) electrons. The molecular formula is C16H23NO3. The highest BCUT2D eigenvalue weighted by molar-refractivity contribution is 5.71. The maximum Gasteiger partial charge on any atom is 0.309 e. The van der Waals surface area contributed by atoms with Crippen LogP contribution in [-0.2, 0) is 20.9 Å². The molecule has 1 aromatic rings. The molecule has 0 spiro atoms. The predicted octanol–water partition coefficient (Wildman–Crippen LogP) is 2.09. The quantitative estimate of drug-likeness (QED) is 0.746. The van der Waals surface area contributed by atoms with Crippen LogP contribution in [0.1, 0.15) is 18.9 Å². The first-order valence-electron chi connectivity index (χ1n) is 7.26. The molecule has 0 amide bonds. The molecule has 0 aromatic heterocycles. The molecule has 1 atom stereocenters. The van der Waals surface area contributed by atoms with Crippen LogP contribution >= 0.6 is 0 Å². The third-order valence-electron chi connectivity index (χ3n) is 3.61. The van der Waals surface area contributed by atoms with Crippen molar-refractivity contribution >= 4 is 5.97 Å². The first-order valence-corrected chi connectivity index (χ1v) is 7.26. The molecule has 20 heavy (non-hydrogen) atoms. The van der Waals surface area contributed by atoms with E-state index in [1.54, 1.807) is 0 Å². The Morgan fingerprint density at radius 1 is 1.30 bits per heavy atom. The number of benzene rings is 1. The Balaban J connectivity index is 1.66. The highest BCUT2D eigenvalue weighted by atomic mass is 16.5.